The molecule has 0 bridgehead atoms. The van der Waals surface area contributed by atoms with Crippen molar-refractivity contribution >= 4 is 34.4 Å². The lowest BCUT2D eigenvalue weighted by molar-refractivity contribution is -0.126. The molecule has 1 N–H and O–H groups in total. The lowest BCUT2D eigenvalue weighted by Crippen LogP contribution is -2.54. The number of benzene rings is 2. The van der Waals surface area contributed by atoms with Crippen molar-refractivity contribution in [1.29, 1.82) is 0 Å². The SMILES string of the molecule is C=CC(=O)N1CCN(c2nc(=O)n(-c3ccccc3C(C)(C)C)c3nc(-c4c(O)cccc4F)c(Cl)cc23)[C@@H](C)C1. The van der Waals surface area contributed by atoms with E-state index in [9.17, 15) is 14.7 Å². The summed E-state index contributed by atoms with van der Waals surface area (Å²) in [6, 6.07) is 12.9. The highest BCUT2D eigenvalue weighted by Crippen LogP contribution is 2.39. The summed E-state index contributed by atoms with van der Waals surface area (Å²) in [5, 5.41) is 11.1. The number of para-hydroxylation sites is 1. The number of anilines is 1. The summed E-state index contributed by atoms with van der Waals surface area (Å²) in [6.45, 7) is 12.9. The molecular weight excluding hydrogens is 545 g/mol. The number of aromatic nitrogens is 3. The fourth-order valence-corrected chi connectivity index (χ4v) is 5.61. The Kier molecular flexibility index (Phi) is 7.33. The number of pyridine rings is 1. The van der Waals surface area contributed by atoms with Gasteiger partial charge in [-0.05, 0) is 48.2 Å². The summed E-state index contributed by atoms with van der Waals surface area (Å²) >= 11 is 6.72. The Labute approximate surface area is 242 Å². The van der Waals surface area contributed by atoms with Gasteiger partial charge in [0, 0.05) is 25.7 Å². The zero-order valence-electron chi connectivity index (χ0n) is 23.4. The minimum absolute atomic E-state index is 0.00255. The van der Waals surface area contributed by atoms with Crippen molar-refractivity contribution in [1.82, 2.24) is 19.4 Å². The summed E-state index contributed by atoms with van der Waals surface area (Å²) in [6.07, 6.45) is 1.28. The normalized spacial score (nSPS) is 15.8. The van der Waals surface area contributed by atoms with Gasteiger partial charge in [-0.25, -0.2) is 18.7 Å². The van der Waals surface area contributed by atoms with E-state index in [1.54, 1.807) is 11.0 Å². The number of phenols is 1. The van der Waals surface area contributed by atoms with Gasteiger partial charge in [0.25, 0.3) is 0 Å². The Balaban J connectivity index is 1.82. The maximum atomic E-state index is 15.0. The maximum absolute atomic E-state index is 15.0. The molecule has 0 spiro atoms. The van der Waals surface area contributed by atoms with E-state index < -0.39 is 11.5 Å². The molecule has 2 aromatic heterocycles. The van der Waals surface area contributed by atoms with Crippen LogP contribution in [0.1, 0.15) is 33.3 Å². The minimum Gasteiger partial charge on any atom is -0.507 e. The second-order valence-corrected chi connectivity index (χ2v) is 11.6. The number of amides is 1. The van der Waals surface area contributed by atoms with E-state index in [2.05, 4.69) is 11.6 Å². The van der Waals surface area contributed by atoms with E-state index in [0.29, 0.717) is 36.5 Å². The van der Waals surface area contributed by atoms with Crippen molar-refractivity contribution in [2.75, 3.05) is 24.5 Å². The van der Waals surface area contributed by atoms with Crippen LogP contribution in [-0.2, 0) is 10.2 Å². The third-order valence-corrected chi connectivity index (χ3v) is 7.66. The van der Waals surface area contributed by atoms with Crippen molar-refractivity contribution in [3.8, 4) is 22.7 Å². The van der Waals surface area contributed by atoms with Gasteiger partial charge in [-0.15, -0.1) is 0 Å². The molecule has 4 aromatic rings. The molecular formula is C31H31ClFN5O3. The monoisotopic (exact) mass is 575 g/mol. The van der Waals surface area contributed by atoms with Gasteiger partial charge in [0.1, 0.15) is 17.4 Å². The van der Waals surface area contributed by atoms with E-state index in [1.807, 2.05) is 56.9 Å². The van der Waals surface area contributed by atoms with Crippen LogP contribution >= 0.6 is 11.6 Å². The number of piperazine rings is 1. The Morgan fingerprint density at radius 2 is 1.88 bits per heavy atom. The Hall–Kier alpha value is -4.24. The molecule has 1 aliphatic heterocycles. The van der Waals surface area contributed by atoms with Crippen LogP contribution in [-0.4, -0.2) is 56.1 Å². The molecule has 10 heteroatoms. The Bertz CT molecular complexity index is 1730. The van der Waals surface area contributed by atoms with Gasteiger partial charge in [-0.2, -0.15) is 4.98 Å². The molecule has 1 fully saturated rings. The number of carbonyl (C=O) groups excluding carboxylic acids is 1. The van der Waals surface area contributed by atoms with Crippen molar-refractivity contribution < 1.29 is 14.3 Å². The molecule has 0 saturated carbocycles. The number of rotatable bonds is 4. The van der Waals surface area contributed by atoms with Gasteiger partial charge in [0.2, 0.25) is 5.91 Å². The van der Waals surface area contributed by atoms with Crippen molar-refractivity contribution in [2.24, 2.45) is 0 Å². The van der Waals surface area contributed by atoms with Gasteiger partial charge >= 0.3 is 5.69 Å². The molecule has 2 aromatic carbocycles. The minimum atomic E-state index is -0.700. The highest BCUT2D eigenvalue weighted by molar-refractivity contribution is 6.34. The first-order valence-electron chi connectivity index (χ1n) is 13.3. The maximum Gasteiger partial charge on any atom is 0.355 e. The predicted octanol–water partition coefficient (Wildman–Crippen LogP) is 5.47. The van der Waals surface area contributed by atoms with Crippen LogP contribution in [0.25, 0.3) is 28.0 Å². The number of phenolic OH excluding ortho intramolecular Hbond substituents is 1. The molecule has 5 rings (SSSR count). The molecule has 1 atom stereocenters. The fourth-order valence-electron chi connectivity index (χ4n) is 5.37. The van der Waals surface area contributed by atoms with Crippen molar-refractivity contribution in [2.45, 2.75) is 39.2 Å². The topological polar surface area (TPSA) is 91.6 Å². The van der Waals surface area contributed by atoms with E-state index in [0.717, 1.165) is 5.56 Å². The molecule has 8 nitrogen and oxygen atoms in total. The van der Waals surface area contributed by atoms with Gasteiger partial charge in [0.15, 0.2) is 5.65 Å². The average molecular weight is 576 g/mol. The molecule has 0 aliphatic carbocycles. The molecule has 0 unspecified atom stereocenters. The summed E-state index contributed by atoms with van der Waals surface area (Å²) < 4.78 is 16.4. The molecule has 41 heavy (non-hydrogen) atoms. The summed E-state index contributed by atoms with van der Waals surface area (Å²) in [7, 11) is 0. The highest BCUT2D eigenvalue weighted by atomic mass is 35.5. The summed E-state index contributed by atoms with van der Waals surface area (Å²) in [4.78, 5) is 39.1. The molecule has 212 valence electrons. The number of halogens is 2. The highest BCUT2D eigenvalue weighted by Gasteiger charge is 2.31. The lowest BCUT2D eigenvalue weighted by Gasteiger charge is -2.40. The zero-order chi connectivity index (χ0) is 29.6. The van der Waals surface area contributed by atoms with Gasteiger partial charge in [0.05, 0.1) is 27.4 Å². The number of fused-ring (bicyclic) bond motifs is 1. The summed E-state index contributed by atoms with van der Waals surface area (Å²) in [5.41, 5.74) is 0.628. The van der Waals surface area contributed by atoms with E-state index in [-0.39, 0.29) is 45.0 Å². The Morgan fingerprint density at radius 3 is 2.54 bits per heavy atom. The van der Waals surface area contributed by atoms with E-state index >= 15 is 4.39 Å². The standard InChI is InChI=1S/C31H31ClFN5O3/c1-6-25(40)36-14-15-37(18(2)17-36)28-19-16-21(32)27(26-22(33)11-9-13-24(26)39)34-29(19)38(30(41)35-28)23-12-8-7-10-20(23)31(3,4)5/h6-13,16,18,39H,1,14-15,17H2,2-5H3/t18-/m0/s1. The Morgan fingerprint density at radius 1 is 1.15 bits per heavy atom. The van der Waals surface area contributed by atoms with Crippen LogP contribution < -0.4 is 10.6 Å². The van der Waals surface area contributed by atoms with Gasteiger partial charge in [-0.1, -0.05) is 63.2 Å². The summed E-state index contributed by atoms with van der Waals surface area (Å²) in [5.74, 6) is -0.823. The first kappa shape index (κ1) is 28.3. The number of hydrogen-bond donors (Lipinski definition) is 1. The molecule has 0 radical (unpaired) electrons. The van der Waals surface area contributed by atoms with Crippen LogP contribution in [0.15, 0.2) is 66.0 Å². The average Bonchev–Trinajstić information content (AvgIpc) is 2.92. The lowest BCUT2D eigenvalue weighted by atomic mass is 9.85. The van der Waals surface area contributed by atoms with Crippen LogP contribution in [0, 0.1) is 5.82 Å². The molecule has 1 aliphatic rings. The quantitative estimate of drug-likeness (QED) is 0.325. The number of aromatic hydroxyl groups is 1. The van der Waals surface area contributed by atoms with Gasteiger partial charge < -0.3 is 14.9 Å². The first-order chi connectivity index (χ1) is 19.4. The predicted molar refractivity (Wildman–Crippen MR) is 159 cm³/mol. The first-order valence-corrected chi connectivity index (χ1v) is 13.7. The van der Waals surface area contributed by atoms with Crippen molar-refractivity contribution in [3.63, 3.8) is 0 Å². The second kappa shape index (κ2) is 10.6. The second-order valence-electron chi connectivity index (χ2n) is 11.2. The number of carbonyl (C=O) groups is 1. The number of hydrogen-bond acceptors (Lipinski definition) is 6. The smallest absolute Gasteiger partial charge is 0.355 e. The van der Waals surface area contributed by atoms with Crippen LogP contribution in [0.5, 0.6) is 5.75 Å². The third-order valence-electron chi connectivity index (χ3n) is 7.37. The van der Waals surface area contributed by atoms with Crippen LogP contribution in [0.3, 0.4) is 0 Å². The number of nitrogens with zero attached hydrogens (tertiary/aromatic N) is 5. The fraction of sp³-hybridized carbons (Fsp3) is 0.290. The van der Waals surface area contributed by atoms with Crippen LogP contribution in [0.2, 0.25) is 5.02 Å². The van der Waals surface area contributed by atoms with Crippen LogP contribution in [0.4, 0.5) is 10.2 Å². The molecule has 1 amide bonds. The largest absolute Gasteiger partial charge is 0.507 e. The van der Waals surface area contributed by atoms with Crippen molar-refractivity contribution in [3.05, 3.63) is 88.1 Å². The molecule has 3 heterocycles. The molecule has 1 saturated heterocycles. The zero-order valence-corrected chi connectivity index (χ0v) is 24.1. The van der Waals surface area contributed by atoms with E-state index in [1.165, 1.54) is 28.8 Å². The third kappa shape index (κ3) is 5.06. The van der Waals surface area contributed by atoms with Gasteiger partial charge in [-0.3, -0.25) is 4.79 Å². The van der Waals surface area contributed by atoms with E-state index in [4.69, 9.17) is 16.6 Å².